The summed E-state index contributed by atoms with van der Waals surface area (Å²) in [6, 6.07) is 7.49. The molecule has 26 heavy (non-hydrogen) atoms. The van der Waals surface area contributed by atoms with Gasteiger partial charge in [-0.05, 0) is 61.8 Å². The fraction of sp³-hybridized carbons (Fsp3) is 0.636. The highest BCUT2D eigenvalue weighted by Gasteiger charge is 2.42. The molecule has 2 N–H and O–H groups in total. The van der Waals surface area contributed by atoms with Crippen LogP contribution in [0.4, 0.5) is 11.4 Å². The highest BCUT2D eigenvalue weighted by Crippen LogP contribution is 2.44. The topological polar surface area (TPSA) is 58.2 Å². The van der Waals surface area contributed by atoms with Gasteiger partial charge in [-0.15, -0.1) is 0 Å². The highest BCUT2D eigenvalue weighted by atomic mass is 16.2. The van der Waals surface area contributed by atoms with Gasteiger partial charge in [0.1, 0.15) is 0 Å². The number of benzene rings is 1. The van der Waals surface area contributed by atoms with E-state index in [0.717, 1.165) is 24.2 Å². The number of hydrogen-bond donors (Lipinski definition) is 2. The van der Waals surface area contributed by atoms with Gasteiger partial charge in [-0.3, -0.25) is 9.59 Å². The van der Waals surface area contributed by atoms with Crippen LogP contribution < -0.4 is 10.6 Å². The smallest absolute Gasteiger partial charge is 0.227 e. The molecule has 2 amide bonds. The zero-order chi connectivity index (χ0) is 18.5. The van der Waals surface area contributed by atoms with Crippen molar-refractivity contribution in [3.8, 4) is 0 Å². The van der Waals surface area contributed by atoms with Crippen molar-refractivity contribution in [2.45, 2.75) is 65.2 Å². The number of nitrogens with one attached hydrogen (secondary N) is 2. The first kappa shape index (κ1) is 18.9. The summed E-state index contributed by atoms with van der Waals surface area (Å²) < 4.78 is 0. The highest BCUT2D eigenvalue weighted by molar-refractivity contribution is 5.96. The molecule has 2 aliphatic carbocycles. The van der Waals surface area contributed by atoms with Gasteiger partial charge < -0.3 is 10.6 Å². The van der Waals surface area contributed by atoms with Gasteiger partial charge in [0, 0.05) is 23.2 Å². The molecule has 4 unspecified atom stereocenters. The molecule has 2 saturated carbocycles. The Kier molecular flexibility index (Phi) is 6.33. The third-order valence-electron chi connectivity index (χ3n) is 5.80. The maximum absolute atomic E-state index is 12.3. The standard InChI is InChI=1S/C22H32N2O2/c1-3-5-7-15-13-19(15)21(25)23-17-9-11-18(12-10-17)24-22(26)20-14-16(20)8-6-4-2/h9-12,15-16,19-20H,3-8,13-14H2,1-2H3,(H,23,25)(H,24,26). The lowest BCUT2D eigenvalue weighted by Gasteiger charge is -2.08. The number of carbonyl (C=O) groups is 2. The van der Waals surface area contributed by atoms with E-state index in [1.54, 1.807) is 0 Å². The molecule has 4 nitrogen and oxygen atoms in total. The Bertz CT molecular complexity index is 571. The molecule has 0 aliphatic heterocycles. The minimum absolute atomic E-state index is 0.139. The van der Waals surface area contributed by atoms with Gasteiger partial charge in [-0.2, -0.15) is 0 Å². The Morgan fingerprint density at radius 2 is 1.19 bits per heavy atom. The second-order valence-electron chi connectivity index (χ2n) is 8.04. The van der Waals surface area contributed by atoms with Crippen LogP contribution in [0.25, 0.3) is 0 Å². The Labute approximate surface area is 157 Å². The van der Waals surface area contributed by atoms with Gasteiger partial charge in [-0.1, -0.05) is 39.5 Å². The summed E-state index contributed by atoms with van der Waals surface area (Å²) in [7, 11) is 0. The molecular formula is C22H32N2O2. The number of amides is 2. The van der Waals surface area contributed by atoms with Gasteiger partial charge in [0.2, 0.25) is 11.8 Å². The number of anilines is 2. The molecule has 0 heterocycles. The minimum Gasteiger partial charge on any atom is -0.326 e. The Hall–Kier alpha value is -1.84. The molecule has 3 rings (SSSR count). The fourth-order valence-corrected chi connectivity index (χ4v) is 3.81. The van der Waals surface area contributed by atoms with E-state index < -0.39 is 0 Å². The van der Waals surface area contributed by atoms with Crippen LogP contribution in [0.2, 0.25) is 0 Å². The van der Waals surface area contributed by atoms with Crippen molar-refractivity contribution in [1.29, 1.82) is 0 Å². The van der Waals surface area contributed by atoms with Gasteiger partial charge in [0.15, 0.2) is 0 Å². The molecule has 0 aromatic heterocycles. The number of unbranched alkanes of at least 4 members (excludes halogenated alkanes) is 2. The summed E-state index contributed by atoms with van der Waals surface area (Å²) in [6.45, 7) is 4.37. The number of carbonyl (C=O) groups excluding carboxylic acids is 2. The van der Waals surface area contributed by atoms with Crippen molar-refractivity contribution in [2.75, 3.05) is 10.6 Å². The molecule has 0 radical (unpaired) electrons. The van der Waals surface area contributed by atoms with Gasteiger partial charge in [-0.25, -0.2) is 0 Å². The molecule has 142 valence electrons. The van der Waals surface area contributed by atoms with E-state index in [4.69, 9.17) is 0 Å². The zero-order valence-electron chi connectivity index (χ0n) is 16.1. The van der Waals surface area contributed by atoms with E-state index in [1.165, 1.54) is 38.5 Å². The minimum atomic E-state index is 0.139. The largest absolute Gasteiger partial charge is 0.326 e. The van der Waals surface area contributed by atoms with Crippen molar-refractivity contribution in [3.05, 3.63) is 24.3 Å². The summed E-state index contributed by atoms with van der Waals surface area (Å²) in [4.78, 5) is 24.5. The summed E-state index contributed by atoms with van der Waals surface area (Å²) in [6.07, 6.45) is 9.20. The van der Waals surface area contributed by atoms with E-state index in [0.29, 0.717) is 11.8 Å². The molecule has 4 atom stereocenters. The van der Waals surface area contributed by atoms with Crippen LogP contribution in [0.1, 0.15) is 65.2 Å². The summed E-state index contributed by atoms with van der Waals surface area (Å²) in [5, 5.41) is 6.01. The van der Waals surface area contributed by atoms with Crippen LogP contribution in [-0.4, -0.2) is 11.8 Å². The first-order valence-corrected chi connectivity index (χ1v) is 10.3. The summed E-state index contributed by atoms with van der Waals surface area (Å²) >= 11 is 0. The predicted octanol–water partition coefficient (Wildman–Crippen LogP) is 5.22. The van der Waals surface area contributed by atoms with E-state index in [1.807, 2.05) is 24.3 Å². The van der Waals surface area contributed by atoms with Crippen molar-refractivity contribution in [1.82, 2.24) is 0 Å². The normalized spacial score (nSPS) is 26.2. The zero-order valence-corrected chi connectivity index (χ0v) is 16.1. The van der Waals surface area contributed by atoms with Gasteiger partial charge in [0.25, 0.3) is 0 Å². The lowest BCUT2D eigenvalue weighted by Crippen LogP contribution is -2.16. The lowest BCUT2D eigenvalue weighted by molar-refractivity contribution is -0.118. The van der Waals surface area contributed by atoms with Crippen LogP contribution in [0.15, 0.2) is 24.3 Å². The lowest BCUT2D eigenvalue weighted by atomic mass is 10.1. The molecule has 0 saturated heterocycles. The molecular weight excluding hydrogens is 324 g/mol. The van der Waals surface area contributed by atoms with Gasteiger partial charge >= 0.3 is 0 Å². The quantitative estimate of drug-likeness (QED) is 0.604. The van der Waals surface area contributed by atoms with Crippen LogP contribution >= 0.6 is 0 Å². The number of hydrogen-bond acceptors (Lipinski definition) is 2. The molecule has 1 aromatic carbocycles. The molecule has 0 spiro atoms. The van der Waals surface area contributed by atoms with E-state index in [2.05, 4.69) is 24.5 Å². The average Bonchev–Trinajstić information content (AvgIpc) is 3.54. The summed E-state index contributed by atoms with van der Waals surface area (Å²) in [5.41, 5.74) is 1.61. The van der Waals surface area contributed by atoms with E-state index >= 15 is 0 Å². The number of rotatable bonds is 10. The monoisotopic (exact) mass is 356 g/mol. The molecule has 4 heteroatoms. The van der Waals surface area contributed by atoms with Crippen LogP contribution in [0, 0.1) is 23.7 Å². The van der Waals surface area contributed by atoms with Crippen LogP contribution in [0.3, 0.4) is 0 Å². The first-order valence-electron chi connectivity index (χ1n) is 10.3. The molecule has 0 bridgehead atoms. The van der Waals surface area contributed by atoms with Crippen LogP contribution in [0.5, 0.6) is 0 Å². The molecule has 2 fully saturated rings. The fourth-order valence-electron chi connectivity index (χ4n) is 3.81. The maximum Gasteiger partial charge on any atom is 0.227 e. The third-order valence-corrected chi connectivity index (χ3v) is 5.80. The van der Waals surface area contributed by atoms with Gasteiger partial charge in [0.05, 0.1) is 0 Å². The SMILES string of the molecule is CCCCC1CC1C(=O)Nc1ccc(NC(=O)C2CC2CCCC)cc1. The Morgan fingerprint density at radius 3 is 1.54 bits per heavy atom. The second kappa shape index (κ2) is 8.70. The van der Waals surface area contributed by atoms with Crippen molar-refractivity contribution in [2.24, 2.45) is 23.7 Å². The predicted molar refractivity (Wildman–Crippen MR) is 106 cm³/mol. The second-order valence-corrected chi connectivity index (χ2v) is 8.04. The first-order chi connectivity index (χ1) is 12.6. The third kappa shape index (κ3) is 5.09. The summed E-state index contributed by atoms with van der Waals surface area (Å²) in [5.74, 6) is 1.81. The van der Waals surface area contributed by atoms with E-state index in [-0.39, 0.29) is 23.7 Å². The average molecular weight is 357 g/mol. The van der Waals surface area contributed by atoms with Crippen molar-refractivity contribution < 1.29 is 9.59 Å². The Balaban J connectivity index is 1.41. The molecule has 2 aliphatic rings. The van der Waals surface area contributed by atoms with E-state index in [9.17, 15) is 9.59 Å². The van der Waals surface area contributed by atoms with Crippen LogP contribution in [-0.2, 0) is 9.59 Å². The van der Waals surface area contributed by atoms with Crippen molar-refractivity contribution >= 4 is 23.2 Å². The Morgan fingerprint density at radius 1 is 0.808 bits per heavy atom. The van der Waals surface area contributed by atoms with Crippen molar-refractivity contribution in [3.63, 3.8) is 0 Å². The molecule has 1 aromatic rings. The maximum atomic E-state index is 12.3.